The Bertz CT molecular complexity index is 840. The van der Waals surface area contributed by atoms with Gasteiger partial charge in [-0.3, -0.25) is 4.84 Å². The third kappa shape index (κ3) is 6.05. The molecule has 1 heterocycles. The monoisotopic (exact) mass is 425 g/mol. The highest BCUT2D eigenvalue weighted by molar-refractivity contribution is 5.73. The van der Waals surface area contributed by atoms with Gasteiger partial charge in [0.25, 0.3) is 0 Å². The molecular formula is C25H35N3O3. The van der Waals surface area contributed by atoms with Gasteiger partial charge in [0, 0.05) is 17.8 Å². The van der Waals surface area contributed by atoms with E-state index in [9.17, 15) is 9.90 Å². The second-order valence-corrected chi connectivity index (χ2v) is 9.30. The van der Waals surface area contributed by atoms with Crippen molar-refractivity contribution in [2.75, 3.05) is 0 Å². The maximum atomic E-state index is 11.6. The van der Waals surface area contributed by atoms with Crippen LogP contribution < -0.4 is 5.90 Å². The van der Waals surface area contributed by atoms with Crippen LogP contribution in [0.25, 0.3) is 0 Å². The summed E-state index contributed by atoms with van der Waals surface area (Å²) in [6.07, 6.45) is 14.5. The van der Waals surface area contributed by atoms with Crippen LogP contribution >= 0.6 is 0 Å². The summed E-state index contributed by atoms with van der Waals surface area (Å²) < 4.78 is 2.19. The van der Waals surface area contributed by atoms with E-state index < -0.39 is 17.5 Å². The largest absolute Gasteiger partial charge is 0.479 e. The number of allylic oxidation sites excluding steroid dienone is 2. The fourth-order valence-corrected chi connectivity index (χ4v) is 4.76. The molecule has 1 aliphatic rings. The smallest absolute Gasteiger partial charge is 0.335 e. The average Bonchev–Trinajstić information content (AvgIpc) is 3.29. The molecule has 168 valence electrons. The summed E-state index contributed by atoms with van der Waals surface area (Å²) in [7, 11) is 0. The summed E-state index contributed by atoms with van der Waals surface area (Å²) in [5.41, 5.74) is 2.01. The first-order valence-electron chi connectivity index (χ1n) is 11.2. The van der Waals surface area contributed by atoms with E-state index in [-0.39, 0.29) is 6.04 Å². The molecule has 0 amide bonds. The van der Waals surface area contributed by atoms with Gasteiger partial charge in [-0.15, -0.1) is 0 Å². The summed E-state index contributed by atoms with van der Waals surface area (Å²) in [6.45, 7) is 3.80. The zero-order valence-electron chi connectivity index (χ0n) is 18.6. The van der Waals surface area contributed by atoms with Gasteiger partial charge in [-0.25, -0.2) is 15.7 Å². The Morgan fingerprint density at radius 3 is 2.58 bits per heavy atom. The first-order chi connectivity index (χ1) is 14.9. The average molecular weight is 426 g/mol. The van der Waals surface area contributed by atoms with Crippen LogP contribution in [0, 0.1) is 11.3 Å². The van der Waals surface area contributed by atoms with Crippen molar-refractivity contribution in [1.29, 1.82) is 0 Å². The van der Waals surface area contributed by atoms with Gasteiger partial charge in [-0.2, -0.15) is 0 Å². The number of aliphatic carboxylic acids is 1. The highest BCUT2D eigenvalue weighted by Crippen LogP contribution is 2.39. The molecule has 6 nitrogen and oxygen atoms in total. The minimum Gasteiger partial charge on any atom is -0.479 e. The van der Waals surface area contributed by atoms with Gasteiger partial charge < -0.3 is 9.67 Å². The van der Waals surface area contributed by atoms with Crippen molar-refractivity contribution in [3.8, 4) is 0 Å². The van der Waals surface area contributed by atoms with Crippen LogP contribution in [-0.4, -0.2) is 26.7 Å². The molecule has 31 heavy (non-hydrogen) atoms. The third-order valence-corrected chi connectivity index (χ3v) is 6.55. The molecular weight excluding hydrogens is 390 g/mol. The van der Waals surface area contributed by atoms with E-state index in [1.54, 1.807) is 0 Å². The van der Waals surface area contributed by atoms with Crippen molar-refractivity contribution in [2.45, 2.75) is 70.9 Å². The Kier molecular flexibility index (Phi) is 8.04. The Hall–Kier alpha value is -2.44. The van der Waals surface area contributed by atoms with Gasteiger partial charge >= 0.3 is 5.97 Å². The number of carbonyl (C=O) groups is 1. The van der Waals surface area contributed by atoms with Crippen molar-refractivity contribution in [1.82, 2.24) is 9.55 Å². The highest BCUT2D eigenvalue weighted by atomic mass is 16.6. The number of carboxylic acids is 1. The molecule has 1 saturated carbocycles. The Labute approximate surface area is 185 Å². The molecule has 0 spiro atoms. The van der Waals surface area contributed by atoms with Crippen LogP contribution in [0.15, 0.2) is 60.7 Å². The van der Waals surface area contributed by atoms with E-state index in [1.165, 1.54) is 43.2 Å². The number of carboxylic acid groups (broad SMARTS) is 1. The normalized spacial score (nSPS) is 18.0. The standard InChI is InChI=1S/C25H35N3O3/c1-25(2,23(31-26)24(29)30)14-13-21(20-11-7-4-8-12-20)22(28-16-15-27-18-28)17-19-9-5-3-6-10-19/h3,5-6,9-10,13,15-16,18,20,22-23H,4,7-8,11-12,14,17,26H2,1-2H3,(H,29,30)/b21-13+. The highest BCUT2D eigenvalue weighted by Gasteiger charge is 2.36. The third-order valence-electron chi connectivity index (χ3n) is 6.55. The molecule has 2 atom stereocenters. The van der Waals surface area contributed by atoms with Gasteiger partial charge in [0.2, 0.25) is 0 Å². The fourth-order valence-electron chi connectivity index (χ4n) is 4.76. The lowest BCUT2D eigenvalue weighted by molar-refractivity contribution is -0.159. The van der Waals surface area contributed by atoms with E-state index in [1.807, 2.05) is 38.6 Å². The number of hydrogen-bond donors (Lipinski definition) is 2. The van der Waals surface area contributed by atoms with Gasteiger partial charge in [-0.05, 0) is 42.7 Å². The number of imidazole rings is 1. The number of nitrogens with zero attached hydrogens (tertiary/aromatic N) is 2. The van der Waals surface area contributed by atoms with Crippen LogP contribution in [0.3, 0.4) is 0 Å². The predicted octanol–water partition coefficient (Wildman–Crippen LogP) is 4.93. The number of rotatable bonds is 10. The Morgan fingerprint density at radius 2 is 2.00 bits per heavy atom. The summed E-state index contributed by atoms with van der Waals surface area (Å²) >= 11 is 0. The van der Waals surface area contributed by atoms with E-state index in [0.29, 0.717) is 12.3 Å². The maximum Gasteiger partial charge on any atom is 0.335 e. The van der Waals surface area contributed by atoms with Crippen LogP contribution in [-0.2, 0) is 16.1 Å². The second kappa shape index (κ2) is 10.7. The second-order valence-electron chi connectivity index (χ2n) is 9.30. The summed E-state index contributed by atoms with van der Waals surface area (Å²) in [4.78, 5) is 20.8. The van der Waals surface area contributed by atoms with Crippen molar-refractivity contribution in [3.05, 3.63) is 66.3 Å². The number of hydrogen-bond acceptors (Lipinski definition) is 4. The van der Waals surface area contributed by atoms with Crippen molar-refractivity contribution >= 4 is 5.97 Å². The molecule has 0 radical (unpaired) electrons. The van der Waals surface area contributed by atoms with Gasteiger partial charge in [0.05, 0.1) is 12.4 Å². The molecule has 1 aromatic heterocycles. The van der Waals surface area contributed by atoms with Crippen molar-refractivity contribution in [2.24, 2.45) is 17.2 Å². The summed E-state index contributed by atoms with van der Waals surface area (Å²) in [5.74, 6) is 4.79. The van der Waals surface area contributed by atoms with E-state index in [0.717, 1.165) is 6.42 Å². The minimum atomic E-state index is -1.06. The molecule has 2 unspecified atom stereocenters. The molecule has 1 aliphatic carbocycles. The lowest BCUT2D eigenvalue weighted by Crippen LogP contribution is -2.40. The summed E-state index contributed by atoms with van der Waals surface area (Å²) in [6, 6.07) is 10.7. The molecule has 0 aliphatic heterocycles. The Morgan fingerprint density at radius 1 is 1.29 bits per heavy atom. The van der Waals surface area contributed by atoms with Crippen molar-refractivity contribution in [3.63, 3.8) is 0 Å². The van der Waals surface area contributed by atoms with Gasteiger partial charge in [0.1, 0.15) is 0 Å². The number of nitrogens with two attached hydrogens (primary N) is 1. The van der Waals surface area contributed by atoms with E-state index in [4.69, 9.17) is 10.7 Å². The maximum absolute atomic E-state index is 11.6. The van der Waals surface area contributed by atoms with Crippen LogP contribution in [0.1, 0.15) is 64.0 Å². The summed E-state index contributed by atoms with van der Waals surface area (Å²) in [5, 5.41) is 9.54. The molecule has 6 heteroatoms. The number of benzene rings is 1. The van der Waals surface area contributed by atoms with Crippen LogP contribution in [0.4, 0.5) is 0 Å². The SMILES string of the molecule is CC(C)(C/C=C(\C1CCCCC1)C(Cc1ccccc1)n1ccnc1)C(ON)C(=O)O. The molecule has 0 saturated heterocycles. The zero-order chi connectivity index (χ0) is 22.3. The molecule has 1 fully saturated rings. The minimum absolute atomic E-state index is 0.144. The zero-order valence-corrected chi connectivity index (χ0v) is 18.6. The van der Waals surface area contributed by atoms with E-state index in [2.05, 4.69) is 39.9 Å². The topological polar surface area (TPSA) is 90.4 Å². The quantitative estimate of drug-likeness (QED) is 0.416. The van der Waals surface area contributed by atoms with Gasteiger partial charge in [0.15, 0.2) is 6.10 Å². The lowest BCUT2D eigenvalue weighted by atomic mass is 9.76. The van der Waals surface area contributed by atoms with E-state index >= 15 is 0 Å². The molecule has 2 aromatic rings. The lowest BCUT2D eigenvalue weighted by Gasteiger charge is -2.33. The van der Waals surface area contributed by atoms with Crippen molar-refractivity contribution < 1.29 is 14.7 Å². The number of aromatic nitrogens is 2. The fraction of sp³-hybridized carbons (Fsp3) is 0.520. The van der Waals surface area contributed by atoms with Crippen LogP contribution in [0.5, 0.6) is 0 Å². The Balaban J connectivity index is 1.96. The molecule has 1 aromatic carbocycles. The first kappa shape index (κ1) is 23.2. The van der Waals surface area contributed by atoms with Crippen LogP contribution in [0.2, 0.25) is 0 Å². The first-order valence-corrected chi connectivity index (χ1v) is 11.2. The molecule has 3 N–H and O–H groups in total. The molecule has 0 bridgehead atoms. The molecule has 3 rings (SSSR count). The van der Waals surface area contributed by atoms with Gasteiger partial charge in [-0.1, -0.05) is 69.5 Å². The predicted molar refractivity (Wildman–Crippen MR) is 121 cm³/mol.